The lowest BCUT2D eigenvalue weighted by Crippen LogP contribution is -2.30. The van der Waals surface area contributed by atoms with Gasteiger partial charge in [-0.1, -0.05) is 0 Å². The Morgan fingerprint density at radius 1 is 1.12 bits per heavy atom. The summed E-state index contributed by atoms with van der Waals surface area (Å²) in [5, 5.41) is 6.00. The Kier molecular flexibility index (Phi) is 6.52. The van der Waals surface area contributed by atoms with Gasteiger partial charge in [-0.3, -0.25) is 0 Å². The predicted molar refractivity (Wildman–Crippen MR) is 105 cm³/mol. The van der Waals surface area contributed by atoms with Gasteiger partial charge in [0, 0.05) is 11.7 Å². The fraction of sp³-hybridized carbons (Fsp3) is 0.235. The summed E-state index contributed by atoms with van der Waals surface area (Å²) in [7, 11) is -2.19. The molecular weight excluding hydrogens is 377 g/mol. The minimum Gasteiger partial charge on any atom is -0.495 e. The Balaban J connectivity index is 2.22. The second-order valence-corrected chi connectivity index (χ2v) is 7.85. The summed E-state index contributed by atoms with van der Waals surface area (Å²) < 4.78 is 45.4. The van der Waals surface area contributed by atoms with E-state index in [9.17, 15) is 12.8 Å². The number of halogens is 1. The first-order chi connectivity index (χ1) is 12.2. The molecule has 0 bridgehead atoms. The number of hydrogen-bond acceptors (Lipinski definition) is 4. The summed E-state index contributed by atoms with van der Waals surface area (Å²) >= 11 is 5.23. The topological polar surface area (TPSA) is 79.5 Å². The van der Waals surface area contributed by atoms with Gasteiger partial charge in [0.2, 0.25) is 10.0 Å². The maximum atomic E-state index is 13.0. The normalized spacial score (nSPS) is 11.3. The number of rotatable bonds is 6. The van der Waals surface area contributed by atoms with E-state index < -0.39 is 10.0 Å². The van der Waals surface area contributed by atoms with Gasteiger partial charge in [-0.15, -0.1) is 0 Å². The van der Waals surface area contributed by atoms with E-state index in [0.29, 0.717) is 17.1 Å². The van der Waals surface area contributed by atoms with Crippen molar-refractivity contribution < 1.29 is 17.5 Å². The lowest BCUT2D eigenvalue weighted by atomic mass is 10.3. The number of thiocarbonyl (C=S) groups is 1. The monoisotopic (exact) mass is 397 g/mol. The Hall–Kier alpha value is -2.23. The molecule has 140 valence electrons. The maximum absolute atomic E-state index is 13.0. The lowest BCUT2D eigenvalue weighted by molar-refractivity contribution is 0.416. The van der Waals surface area contributed by atoms with E-state index in [1.54, 1.807) is 13.8 Å². The summed E-state index contributed by atoms with van der Waals surface area (Å²) in [6.45, 7) is 3.48. The van der Waals surface area contributed by atoms with E-state index in [-0.39, 0.29) is 21.9 Å². The highest BCUT2D eigenvalue weighted by atomic mass is 32.2. The summed E-state index contributed by atoms with van der Waals surface area (Å²) in [6, 6.07) is 9.86. The number of hydrogen-bond donors (Lipinski definition) is 3. The van der Waals surface area contributed by atoms with Crippen LogP contribution < -0.4 is 20.1 Å². The molecule has 0 heterocycles. The molecule has 0 saturated heterocycles. The zero-order valence-electron chi connectivity index (χ0n) is 14.5. The van der Waals surface area contributed by atoms with E-state index in [0.717, 1.165) is 0 Å². The van der Waals surface area contributed by atoms with Gasteiger partial charge >= 0.3 is 0 Å². The predicted octanol–water partition coefficient (Wildman–Crippen LogP) is 3.33. The Morgan fingerprint density at radius 2 is 1.77 bits per heavy atom. The van der Waals surface area contributed by atoms with E-state index in [1.165, 1.54) is 49.6 Å². The highest BCUT2D eigenvalue weighted by Crippen LogP contribution is 2.28. The van der Waals surface area contributed by atoms with Crippen LogP contribution in [0.5, 0.6) is 5.75 Å². The van der Waals surface area contributed by atoms with Crippen LogP contribution in [0.15, 0.2) is 47.4 Å². The number of benzene rings is 2. The average molecular weight is 397 g/mol. The molecule has 3 N–H and O–H groups in total. The van der Waals surface area contributed by atoms with E-state index in [4.69, 9.17) is 17.0 Å². The van der Waals surface area contributed by atoms with Crippen molar-refractivity contribution in [1.29, 1.82) is 0 Å². The van der Waals surface area contributed by atoms with Gasteiger partial charge in [0.05, 0.1) is 17.7 Å². The third kappa shape index (κ3) is 5.38. The number of nitrogens with one attached hydrogen (secondary N) is 3. The van der Waals surface area contributed by atoms with Gasteiger partial charge in [0.25, 0.3) is 0 Å². The molecule has 6 nitrogen and oxygen atoms in total. The molecule has 2 rings (SSSR count). The van der Waals surface area contributed by atoms with Crippen molar-refractivity contribution in [2.75, 3.05) is 17.7 Å². The molecule has 0 aliphatic carbocycles. The van der Waals surface area contributed by atoms with Crippen molar-refractivity contribution in [1.82, 2.24) is 4.72 Å². The molecule has 26 heavy (non-hydrogen) atoms. The fourth-order valence-corrected chi connectivity index (χ4v) is 3.65. The van der Waals surface area contributed by atoms with Gasteiger partial charge in [0.1, 0.15) is 11.6 Å². The molecule has 0 unspecified atom stereocenters. The fourth-order valence-electron chi connectivity index (χ4n) is 2.15. The highest BCUT2D eigenvalue weighted by molar-refractivity contribution is 7.89. The molecule has 2 aromatic carbocycles. The van der Waals surface area contributed by atoms with Crippen molar-refractivity contribution in [3.63, 3.8) is 0 Å². The van der Waals surface area contributed by atoms with Gasteiger partial charge < -0.3 is 15.4 Å². The first-order valence-corrected chi connectivity index (χ1v) is 9.64. The Labute approximate surface area is 157 Å². The van der Waals surface area contributed by atoms with Crippen LogP contribution in [0.25, 0.3) is 0 Å². The van der Waals surface area contributed by atoms with Gasteiger partial charge in [-0.25, -0.2) is 17.5 Å². The number of sulfonamides is 1. The van der Waals surface area contributed by atoms with Crippen LogP contribution >= 0.6 is 12.2 Å². The highest BCUT2D eigenvalue weighted by Gasteiger charge is 2.18. The van der Waals surface area contributed by atoms with Crippen LogP contribution in [-0.4, -0.2) is 26.7 Å². The summed E-state index contributed by atoms with van der Waals surface area (Å²) in [5.41, 5.74) is 0.979. The number of ether oxygens (including phenoxy) is 1. The Morgan fingerprint density at radius 3 is 2.35 bits per heavy atom. The number of anilines is 2. The first kappa shape index (κ1) is 20.1. The molecule has 0 aromatic heterocycles. The van der Waals surface area contributed by atoms with Crippen molar-refractivity contribution in [2.24, 2.45) is 0 Å². The first-order valence-electron chi connectivity index (χ1n) is 7.75. The zero-order chi connectivity index (χ0) is 19.3. The summed E-state index contributed by atoms with van der Waals surface area (Å²) in [6.07, 6.45) is 0. The van der Waals surface area contributed by atoms with Crippen LogP contribution in [0.3, 0.4) is 0 Å². The largest absolute Gasteiger partial charge is 0.495 e. The van der Waals surface area contributed by atoms with Gasteiger partial charge in [-0.05, 0) is 68.5 Å². The summed E-state index contributed by atoms with van der Waals surface area (Å²) in [4.78, 5) is 0.0825. The quantitative estimate of drug-likeness (QED) is 0.649. The second kappa shape index (κ2) is 8.43. The standard InChI is InChI=1S/C17H20FN3O3S2/c1-11(2)21-26(22,23)14-8-9-16(24-3)15(10-14)20-17(25)19-13-6-4-12(18)5-7-13/h4-11,21H,1-3H3,(H2,19,20,25). The third-order valence-electron chi connectivity index (χ3n) is 3.22. The molecule has 0 radical (unpaired) electrons. The molecule has 0 spiro atoms. The second-order valence-electron chi connectivity index (χ2n) is 5.72. The molecule has 0 fully saturated rings. The lowest BCUT2D eigenvalue weighted by Gasteiger charge is -2.16. The molecule has 2 aromatic rings. The third-order valence-corrected chi connectivity index (χ3v) is 5.08. The molecule has 9 heteroatoms. The Bertz CT molecular complexity index is 885. The van der Waals surface area contributed by atoms with Crippen LogP contribution in [0.4, 0.5) is 15.8 Å². The van der Waals surface area contributed by atoms with Crippen LogP contribution in [0, 0.1) is 5.82 Å². The zero-order valence-corrected chi connectivity index (χ0v) is 16.2. The van der Waals surface area contributed by atoms with E-state index >= 15 is 0 Å². The van der Waals surface area contributed by atoms with Crippen molar-refractivity contribution in [3.05, 3.63) is 48.3 Å². The van der Waals surface area contributed by atoms with Crippen LogP contribution in [0.1, 0.15) is 13.8 Å². The van der Waals surface area contributed by atoms with E-state index in [1.807, 2.05) is 0 Å². The van der Waals surface area contributed by atoms with Crippen LogP contribution in [-0.2, 0) is 10.0 Å². The van der Waals surface area contributed by atoms with E-state index in [2.05, 4.69) is 15.4 Å². The maximum Gasteiger partial charge on any atom is 0.240 e. The van der Waals surface area contributed by atoms with Crippen molar-refractivity contribution in [2.45, 2.75) is 24.8 Å². The smallest absolute Gasteiger partial charge is 0.240 e. The molecule has 0 aliphatic heterocycles. The molecule has 0 saturated carbocycles. The molecular formula is C17H20FN3O3S2. The minimum atomic E-state index is -3.66. The van der Waals surface area contributed by atoms with Crippen molar-refractivity contribution >= 4 is 38.7 Å². The number of methoxy groups -OCH3 is 1. The molecule has 0 amide bonds. The van der Waals surface area contributed by atoms with Gasteiger partial charge in [0.15, 0.2) is 5.11 Å². The van der Waals surface area contributed by atoms with Crippen molar-refractivity contribution in [3.8, 4) is 5.75 Å². The SMILES string of the molecule is COc1ccc(S(=O)(=O)NC(C)C)cc1NC(=S)Nc1ccc(F)cc1. The van der Waals surface area contributed by atoms with Gasteiger partial charge in [-0.2, -0.15) is 0 Å². The molecule has 0 atom stereocenters. The van der Waals surface area contributed by atoms with Crippen LogP contribution in [0.2, 0.25) is 0 Å². The molecule has 0 aliphatic rings. The summed E-state index contributed by atoms with van der Waals surface area (Å²) in [5.74, 6) is 0.0726. The average Bonchev–Trinajstić information content (AvgIpc) is 2.55. The minimum absolute atomic E-state index is 0.0825.